The van der Waals surface area contributed by atoms with E-state index in [4.69, 9.17) is 19.9 Å². The molecule has 0 saturated carbocycles. The number of methoxy groups -OCH3 is 1. The van der Waals surface area contributed by atoms with Gasteiger partial charge in [-0.3, -0.25) is 9.59 Å². The Labute approximate surface area is 274 Å². The smallest absolute Gasteiger partial charge is 0.419 e. The number of ether oxygens (including phenoxy) is 3. The predicted molar refractivity (Wildman–Crippen MR) is 170 cm³/mol. The largest absolute Gasteiger partial charge is 0.493 e. The Balaban J connectivity index is 1.98. The topological polar surface area (TPSA) is 132 Å². The third-order valence-corrected chi connectivity index (χ3v) is 7.99. The van der Waals surface area contributed by atoms with Crippen molar-refractivity contribution in [2.45, 2.75) is 84.5 Å². The Hall–Kier alpha value is -3.26. The van der Waals surface area contributed by atoms with Gasteiger partial charge < -0.3 is 35.7 Å². The third-order valence-electron chi connectivity index (χ3n) is 7.99. The van der Waals surface area contributed by atoms with Crippen molar-refractivity contribution in [2.75, 3.05) is 26.9 Å². The lowest BCUT2D eigenvalue weighted by molar-refractivity contribution is -0.139. The first-order valence-electron chi connectivity index (χ1n) is 15.8. The van der Waals surface area contributed by atoms with Crippen LogP contribution in [-0.4, -0.2) is 62.0 Å². The second kappa shape index (κ2) is 19.5. The minimum Gasteiger partial charge on any atom is -0.493 e. The molecule has 0 spiro atoms. The zero-order chi connectivity index (χ0) is 35.1. The molecule has 13 heteroatoms. The van der Waals surface area contributed by atoms with Gasteiger partial charge in [0.1, 0.15) is 17.6 Å². The van der Waals surface area contributed by atoms with E-state index >= 15 is 0 Å². The van der Waals surface area contributed by atoms with Crippen molar-refractivity contribution in [3.8, 4) is 5.75 Å². The van der Waals surface area contributed by atoms with Gasteiger partial charge in [-0.1, -0.05) is 52.3 Å². The highest BCUT2D eigenvalue weighted by Gasteiger charge is 2.35. The quantitative estimate of drug-likeness (QED) is 0.115. The van der Waals surface area contributed by atoms with E-state index in [0.717, 1.165) is 6.07 Å². The Morgan fingerprint density at radius 1 is 1.00 bits per heavy atom. The Bertz CT molecular complexity index is 1250. The standard InChI is InChI=1S/C34H49F4N3O6/c1-6-22(4)31(33(44)40-18-23-8-11-25(35)12-9-23)41-32(43)26(21(2)3)17-29(42)28(39)20-46-19-24-10-13-27(34(36,37)38)30(16-24)47-15-7-14-45-5/h8-13,16,21-22,26,28-29,31,42H,6-7,14-15,17-20,39H2,1-5H3,(H,40,44)(H,41,43)/t22-,26-,28-,29-,31-/m0/s1. The van der Waals surface area contributed by atoms with Gasteiger partial charge in [0.25, 0.3) is 0 Å². The minimum absolute atomic E-state index is 0.00179. The monoisotopic (exact) mass is 671 g/mol. The van der Waals surface area contributed by atoms with Crippen LogP contribution >= 0.6 is 0 Å². The number of hydrogen-bond donors (Lipinski definition) is 4. The van der Waals surface area contributed by atoms with E-state index in [9.17, 15) is 32.3 Å². The van der Waals surface area contributed by atoms with E-state index in [-0.39, 0.29) is 62.1 Å². The van der Waals surface area contributed by atoms with Crippen LogP contribution in [0.4, 0.5) is 17.6 Å². The maximum Gasteiger partial charge on any atom is 0.419 e. The highest BCUT2D eigenvalue weighted by molar-refractivity contribution is 5.88. The molecule has 0 aliphatic carbocycles. The normalized spacial score (nSPS) is 15.1. The number of aliphatic hydroxyl groups excluding tert-OH is 1. The zero-order valence-corrected chi connectivity index (χ0v) is 27.7. The molecule has 0 unspecified atom stereocenters. The average molecular weight is 672 g/mol. The van der Waals surface area contributed by atoms with Gasteiger partial charge in [0.15, 0.2) is 0 Å². The molecule has 2 rings (SSSR count). The van der Waals surface area contributed by atoms with Crippen molar-refractivity contribution in [1.29, 1.82) is 0 Å². The van der Waals surface area contributed by atoms with Crippen LogP contribution in [0, 0.1) is 23.6 Å². The van der Waals surface area contributed by atoms with Crippen molar-refractivity contribution < 1.29 is 46.5 Å². The predicted octanol–water partition coefficient (Wildman–Crippen LogP) is 4.97. The number of halogens is 4. The number of nitrogens with one attached hydrogen (secondary N) is 2. The lowest BCUT2D eigenvalue weighted by atomic mass is 9.86. The molecular formula is C34H49F4N3O6. The summed E-state index contributed by atoms with van der Waals surface area (Å²) in [7, 11) is 1.49. The molecule has 2 aromatic rings. The van der Waals surface area contributed by atoms with Crippen molar-refractivity contribution in [1.82, 2.24) is 10.6 Å². The van der Waals surface area contributed by atoms with Crippen molar-refractivity contribution in [3.05, 3.63) is 65.0 Å². The molecule has 9 nitrogen and oxygen atoms in total. The molecule has 0 aliphatic rings. The van der Waals surface area contributed by atoms with E-state index < -0.39 is 41.8 Å². The molecular weight excluding hydrogens is 622 g/mol. The lowest BCUT2D eigenvalue weighted by Gasteiger charge is -2.29. The van der Waals surface area contributed by atoms with E-state index in [2.05, 4.69) is 10.6 Å². The SMILES string of the molecule is CC[C@H](C)[C@H](NC(=O)[C@@H](C[C@H](O)[C@@H](N)COCc1ccc(C(F)(F)F)c(OCCCOC)c1)C(C)C)C(=O)NCc1ccc(F)cc1. The summed E-state index contributed by atoms with van der Waals surface area (Å²) in [6.45, 7) is 7.75. The molecule has 5 N–H and O–H groups in total. The van der Waals surface area contributed by atoms with Gasteiger partial charge in [-0.05, 0) is 53.6 Å². The summed E-state index contributed by atoms with van der Waals surface area (Å²) in [5.41, 5.74) is 6.41. The van der Waals surface area contributed by atoms with Crippen LogP contribution in [0.1, 0.15) is 63.6 Å². The van der Waals surface area contributed by atoms with Gasteiger partial charge in [-0.15, -0.1) is 0 Å². The summed E-state index contributed by atoms with van der Waals surface area (Å²) in [4.78, 5) is 26.5. The Morgan fingerprint density at radius 2 is 1.66 bits per heavy atom. The number of amides is 2. The van der Waals surface area contributed by atoms with Crippen LogP contribution in [0.3, 0.4) is 0 Å². The van der Waals surface area contributed by atoms with Crippen LogP contribution in [0.2, 0.25) is 0 Å². The summed E-state index contributed by atoms with van der Waals surface area (Å²) in [5, 5.41) is 16.5. The molecule has 0 heterocycles. The van der Waals surface area contributed by atoms with Crippen molar-refractivity contribution in [2.24, 2.45) is 23.5 Å². The van der Waals surface area contributed by atoms with Crippen LogP contribution in [0.25, 0.3) is 0 Å². The fourth-order valence-electron chi connectivity index (χ4n) is 4.80. The second-order valence-corrected chi connectivity index (χ2v) is 12.1. The number of carbonyl (C=O) groups excluding carboxylic acids is 2. The number of carbonyl (C=O) groups is 2. The van der Waals surface area contributed by atoms with E-state index in [1.807, 2.05) is 27.7 Å². The Morgan fingerprint density at radius 3 is 2.26 bits per heavy atom. The van der Waals surface area contributed by atoms with Crippen molar-refractivity contribution >= 4 is 11.8 Å². The molecule has 5 atom stereocenters. The number of hydrogen-bond acceptors (Lipinski definition) is 7. The summed E-state index contributed by atoms with van der Waals surface area (Å²) in [6, 6.07) is 7.49. The number of benzene rings is 2. The minimum atomic E-state index is -4.59. The fraction of sp³-hybridized carbons (Fsp3) is 0.588. The molecule has 0 radical (unpaired) electrons. The zero-order valence-electron chi connectivity index (χ0n) is 27.7. The third kappa shape index (κ3) is 13.4. The fourth-order valence-corrected chi connectivity index (χ4v) is 4.80. The van der Waals surface area contributed by atoms with Gasteiger partial charge in [-0.25, -0.2) is 4.39 Å². The van der Waals surface area contributed by atoms with Crippen LogP contribution in [0.15, 0.2) is 42.5 Å². The van der Waals surface area contributed by atoms with Crippen LogP contribution in [0.5, 0.6) is 5.75 Å². The first kappa shape index (κ1) is 39.9. The average Bonchev–Trinajstić information content (AvgIpc) is 3.02. The lowest BCUT2D eigenvalue weighted by Crippen LogP contribution is -2.52. The van der Waals surface area contributed by atoms with Gasteiger partial charge >= 0.3 is 6.18 Å². The maximum atomic E-state index is 13.5. The molecule has 0 aliphatic heterocycles. The first-order chi connectivity index (χ1) is 22.2. The Kier molecular flexibility index (Phi) is 16.6. The summed E-state index contributed by atoms with van der Waals surface area (Å²) < 4.78 is 69.5. The number of nitrogens with two attached hydrogens (primary N) is 1. The van der Waals surface area contributed by atoms with E-state index in [1.165, 1.54) is 31.4 Å². The number of rotatable bonds is 20. The molecule has 47 heavy (non-hydrogen) atoms. The van der Waals surface area contributed by atoms with E-state index in [0.29, 0.717) is 30.6 Å². The summed E-state index contributed by atoms with van der Waals surface area (Å²) in [6.07, 6.45) is -4.70. The van der Waals surface area contributed by atoms with Crippen molar-refractivity contribution in [3.63, 3.8) is 0 Å². The molecule has 0 fully saturated rings. The molecule has 2 aromatic carbocycles. The number of alkyl halides is 3. The summed E-state index contributed by atoms with van der Waals surface area (Å²) in [5.74, 6) is -2.56. The van der Waals surface area contributed by atoms with Gasteiger partial charge in [-0.2, -0.15) is 13.2 Å². The molecule has 0 saturated heterocycles. The van der Waals surface area contributed by atoms with E-state index in [1.54, 1.807) is 12.1 Å². The van der Waals surface area contributed by atoms with Gasteiger partial charge in [0.05, 0.1) is 37.5 Å². The highest BCUT2D eigenvalue weighted by atomic mass is 19.4. The summed E-state index contributed by atoms with van der Waals surface area (Å²) >= 11 is 0. The first-order valence-corrected chi connectivity index (χ1v) is 15.8. The van der Waals surface area contributed by atoms with Crippen LogP contribution < -0.4 is 21.1 Å². The van der Waals surface area contributed by atoms with Crippen LogP contribution in [-0.2, 0) is 38.4 Å². The molecule has 2 amide bonds. The van der Waals surface area contributed by atoms with Gasteiger partial charge in [0, 0.05) is 32.6 Å². The van der Waals surface area contributed by atoms with Gasteiger partial charge in [0.2, 0.25) is 11.8 Å². The molecule has 0 aromatic heterocycles. The number of aliphatic hydroxyl groups is 1. The maximum absolute atomic E-state index is 13.5. The second-order valence-electron chi connectivity index (χ2n) is 12.1. The molecule has 264 valence electrons. The molecule has 0 bridgehead atoms. The highest BCUT2D eigenvalue weighted by Crippen LogP contribution is 2.37.